The Balaban J connectivity index is 1.66. The highest BCUT2D eigenvalue weighted by Gasteiger charge is 2.27. The minimum atomic E-state index is -0.251. The monoisotopic (exact) mass is 371 g/mol. The normalized spacial score (nSPS) is 22.9. The quantitative estimate of drug-likeness (QED) is 0.892. The molecule has 0 bridgehead atoms. The van der Waals surface area contributed by atoms with Crippen LogP contribution in [0.2, 0.25) is 0 Å². The maximum atomic E-state index is 10.1. The Morgan fingerprint density at radius 3 is 2.90 bits per heavy atom. The van der Waals surface area contributed by atoms with Gasteiger partial charge < -0.3 is 9.52 Å². The van der Waals surface area contributed by atoms with Gasteiger partial charge in [-0.15, -0.1) is 21.5 Å². The van der Waals surface area contributed by atoms with Crippen LogP contribution in [0.4, 0.5) is 0 Å². The molecule has 2 aromatic heterocycles. The second kappa shape index (κ2) is 6.56. The van der Waals surface area contributed by atoms with E-state index < -0.39 is 0 Å². The van der Waals surface area contributed by atoms with Crippen molar-refractivity contribution in [2.75, 3.05) is 7.05 Å². The maximum absolute atomic E-state index is 10.1. The summed E-state index contributed by atoms with van der Waals surface area (Å²) >= 11 is 5.00. The van der Waals surface area contributed by atoms with Crippen molar-refractivity contribution < 1.29 is 9.52 Å². The topological polar surface area (TPSA) is 62.4 Å². The summed E-state index contributed by atoms with van der Waals surface area (Å²) in [5.74, 6) is 1.15. The summed E-state index contributed by atoms with van der Waals surface area (Å²) in [5, 5.41) is 18.3. The number of aliphatic hydroxyl groups excluding tert-OH is 1. The number of hydrogen-bond acceptors (Lipinski definition) is 6. The first-order valence-electron chi connectivity index (χ1n) is 7.10. The van der Waals surface area contributed by atoms with Gasteiger partial charge in [-0.2, -0.15) is 0 Å². The molecule has 0 spiro atoms. The summed E-state index contributed by atoms with van der Waals surface area (Å²) in [4.78, 5) is 3.08. The minimum absolute atomic E-state index is 0.185. The molecule has 2 atom stereocenters. The molecule has 1 N–H and O–H groups in total. The number of likely N-dealkylation sites (N-methyl/N-ethyl adjacent to an activating group) is 1. The van der Waals surface area contributed by atoms with E-state index in [0.29, 0.717) is 18.3 Å². The van der Waals surface area contributed by atoms with Crippen molar-refractivity contribution >= 4 is 27.3 Å². The van der Waals surface area contributed by atoms with Crippen molar-refractivity contribution in [3.05, 3.63) is 21.8 Å². The minimum Gasteiger partial charge on any atom is -0.419 e. The second-order valence-electron chi connectivity index (χ2n) is 5.44. The van der Waals surface area contributed by atoms with Gasteiger partial charge in [0.25, 0.3) is 5.89 Å². The molecule has 0 aromatic carbocycles. The van der Waals surface area contributed by atoms with Crippen LogP contribution in [-0.2, 0) is 6.54 Å². The van der Waals surface area contributed by atoms with Gasteiger partial charge in [0.1, 0.15) is 0 Å². The Bertz CT molecular complexity index is 601. The van der Waals surface area contributed by atoms with Crippen LogP contribution in [0, 0.1) is 0 Å². The molecular formula is C14H18BrN3O2S. The first-order chi connectivity index (χ1) is 10.1. The zero-order chi connectivity index (χ0) is 14.8. The van der Waals surface area contributed by atoms with Crippen molar-refractivity contribution in [2.45, 2.75) is 44.4 Å². The lowest BCUT2D eigenvalue weighted by molar-refractivity contribution is 0.0256. The molecule has 1 fully saturated rings. The average molecular weight is 372 g/mol. The number of aliphatic hydroxyl groups is 1. The van der Waals surface area contributed by atoms with Gasteiger partial charge >= 0.3 is 0 Å². The summed E-state index contributed by atoms with van der Waals surface area (Å²) in [5.41, 5.74) is 0. The third kappa shape index (κ3) is 3.53. The molecule has 3 rings (SSSR count). The number of nitrogens with zero attached hydrogens (tertiary/aromatic N) is 3. The highest BCUT2D eigenvalue weighted by molar-refractivity contribution is 9.11. The van der Waals surface area contributed by atoms with Crippen LogP contribution in [0.5, 0.6) is 0 Å². The first-order valence-corrected chi connectivity index (χ1v) is 8.71. The zero-order valence-corrected chi connectivity index (χ0v) is 14.2. The van der Waals surface area contributed by atoms with Crippen LogP contribution in [0.25, 0.3) is 10.8 Å². The molecule has 0 aliphatic heterocycles. The molecule has 0 amide bonds. The molecule has 1 saturated carbocycles. The SMILES string of the molecule is CN(Cc1nnc(-c2ccc(Br)s2)o1)C1CCCCC1O. The van der Waals surface area contributed by atoms with E-state index in [1.807, 2.05) is 19.2 Å². The Hall–Kier alpha value is -0.760. The van der Waals surface area contributed by atoms with Gasteiger partial charge in [-0.25, -0.2) is 0 Å². The van der Waals surface area contributed by atoms with Crippen LogP contribution < -0.4 is 0 Å². The molecule has 21 heavy (non-hydrogen) atoms. The third-order valence-corrected chi connectivity index (χ3v) is 5.51. The van der Waals surface area contributed by atoms with Crippen molar-refractivity contribution in [3.8, 4) is 10.8 Å². The molecular weight excluding hydrogens is 354 g/mol. The van der Waals surface area contributed by atoms with Gasteiger partial charge in [0.2, 0.25) is 5.89 Å². The fourth-order valence-electron chi connectivity index (χ4n) is 2.78. The van der Waals surface area contributed by atoms with Gasteiger partial charge in [0, 0.05) is 6.04 Å². The number of rotatable bonds is 4. The van der Waals surface area contributed by atoms with Gasteiger partial charge in [-0.3, -0.25) is 4.90 Å². The Kier molecular flexibility index (Phi) is 4.73. The third-order valence-electron chi connectivity index (χ3n) is 3.90. The van der Waals surface area contributed by atoms with Crippen LogP contribution in [0.15, 0.2) is 20.3 Å². The highest BCUT2D eigenvalue weighted by Crippen LogP contribution is 2.30. The molecule has 2 unspecified atom stereocenters. The van der Waals surface area contributed by atoms with E-state index in [1.54, 1.807) is 11.3 Å². The predicted octanol–water partition coefficient (Wildman–Crippen LogP) is 3.30. The van der Waals surface area contributed by atoms with Crippen molar-refractivity contribution in [3.63, 3.8) is 0 Å². The predicted molar refractivity (Wildman–Crippen MR) is 85.0 cm³/mol. The average Bonchev–Trinajstić information content (AvgIpc) is 3.08. The van der Waals surface area contributed by atoms with E-state index in [-0.39, 0.29) is 12.1 Å². The van der Waals surface area contributed by atoms with Crippen LogP contribution in [0.3, 0.4) is 0 Å². The van der Waals surface area contributed by atoms with E-state index in [4.69, 9.17) is 4.42 Å². The fourth-order valence-corrected chi connectivity index (χ4v) is 4.09. The van der Waals surface area contributed by atoms with E-state index in [2.05, 4.69) is 31.0 Å². The number of halogens is 1. The van der Waals surface area contributed by atoms with Gasteiger partial charge in [-0.05, 0) is 48.0 Å². The number of aromatic nitrogens is 2. The van der Waals surface area contributed by atoms with E-state index in [9.17, 15) is 5.11 Å². The van der Waals surface area contributed by atoms with Crippen molar-refractivity contribution in [2.24, 2.45) is 0 Å². The van der Waals surface area contributed by atoms with E-state index in [1.165, 1.54) is 6.42 Å². The fraction of sp³-hybridized carbons (Fsp3) is 0.571. The molecule has 114 valence electrons. The van der Waals surface area contributed by atoms with Crippen molar-refractivity contribution in [1.29, 1.82) is 0 Å². The lowest BCUT2D eigenvalue weighted by Crippen LogP contribution is -2.42. The van der Waals surface area contributed by atoms with Crippen LogP contribution in [-0.4, -0.2) is 39.4 Å². The number of hydrogen-bond donors (Lipinski definition) is 1. The lowest BCUT2D eigenvalue weighted by atomic mass is 9.92. The van der Waals surface area contributed by atoms with Gasteiger partial charge in [0.05, 0.1) is 21.3 Å². The molecule has 5 nitrogen and oxygen atoms in total. The van der Waals surface area contributed by atoms with E-state index in [0.717, 1.165) is 27.9 Å². The summed E-state index contributed by atoms with van der Waals surface area (Å²) in [6, 6.07) is 4.11. The Morgan fingerprint density at radius 1 is 1.38 bits per heavy atom. The van der Waals surface area contributed by atoms with Gasteiger partial charge in [0.15, 0.2) is 0 Å². The maximum Gasteiger partial charge on any atom is 0.257 e. The summed E-state index contributed by atoms with van der Waals surface area (Å²) in [7, 11) is 2.00. The first kappa shape index (κ1) is 15.1. The number of thiophene rings is 1. The molecule has 0 saturated heterocycles. The Morgan fingerprint density at radius 2 is 2.19 bits per heavy atom. The lowest BCUT2D eigenvalue weighted by Gasteiger charge is -2.34. The van der Waals surface area contributed by atoms with Gasteiger partial charge in [-0.1, -0.05) is 12.8 Å². The second-order valence-corrected chi connectivity index (χ2v) is 7.90. The summed E-state index contributed by atoms with van der Waals surface area (Å²) < 4.78 is 6.77. The molecule has 1 aliphatic rings. The van der Waals surface area contributed by atoms with Crippen molar-refractivity contribution in [1.82, 2.24) is 15.1 Å². The van der Waals surface area contributed by atoms with E-state index >= 15 is 0 Å². The zero-order valence-electron chi connectivity index (χ0n) is 11.8. The summed E-state index contributed by atoms with van der Waals surface area (Å²) in [6.45, 7) is 0.571. The molecule has 0 radical (unpaired) electrons. The smallest absolute Gasteiger partial charge is 0.257 e. The van der Waals surface area contributed by atoms with Crippen LogP contribution in [0.1, 0.15) is 31.6 Å². The molecule has 1 aliphatic carbocycles. The highest BCUT2D eigenvalue weighted by atomic mass is 79.9. The van der Waals surface area contributed by atoms with Crippen LogP contribution >= 0.6 is 27.3 Å². The molecule has 2 aromatic rings. The standard InChI is InChI=1S/C14H18BrN3O2S/c1-18(9-4-2-3-5-10(9)19)8-13-16-17-14(20-13)11-6-7-12(15)21-11/h6-7,9-10,19H,2-5,8H2,1H3. The molecule has 7 heteroatoms. The Labute approximate surface area is 136 Å². The molecule has 2 heterocycles. The summed E-state index contributed by atoms with van der Waals surface area (Å²) in [6.07, 6.45) is 3.94. The largest absolute Gasteiger partial charge is 0.419 e.